The molecule has 0 aliphatic carbocycles. The van der Waals surface area contributed by atoms with Crippen molar-refractivity contribution < 1.29 is 14.0 Å². The maximum atomic E-state index is 13.0. The maximum absolute atomic E-state index is 13.0. The van der Waals surface area contributed by atoms with Crippen LogP contribution < -0.4 is 4.90 Å². The van der Waals surface area contributed by atoms with Crippen LogP contribution in [-0.4, -0.2) is 35.8 Å². The van der Waals surface area contributed by atoms with Crippen LogP contribution in [0.25, 0.3) is 0 Å². The summed E-state index contributed by atoms with van der Waals surface area (Å²) in [6.07, 6.45) is 0. The molecule has 0 N–H and O–H groups in total. The summed E-state index contributed by atoms with van der Waals surface area (Å²) >= 11 is 3.37. The number of benzene rings is 2. The summed E-state index contributed by atoms with van der Waals surface area (Å²) in [6.45, 7) is 2.58. The van der Waals surface area contributed by atoms with Crippen molar-refractivity contribution in [3.8, 4) is 0 Å². The van der Waals surface area contributed by atoms with Crippen molar-refractivity contribution in [2.24, 2.45) is 0 Å². The van der Waals surface area contributed by atoms with Crippen molar-refractivity contribution in [3.63, 3.8) is 0 Å². The summed E-state index contributed by atoms with van der Waals surface area (Å²) in [4.78, 5) is 28.5. The molecule has 1 heterocycles. The fourth-order valence-corrected chi connectivity index (χ4v) is 3.05. The van der Waals surface area contributed by atoms with Crippen LogP contribution in [-0.2, 0) is 4.79 Å². The van der Waals surface area contributed by atoms with E-state index in [2.05, 4.69) is 15.9 Å². The molecule has 1 aliphatic rings. The summed E-state index contributed by atoms with van der Waals surface area (Å²) in [5, 5.41) is 0. The van der Waals surface area contributed by atoms with Crippen LogP contribution >= 0.6 is 15.9 Å². The lowest BCUT2D eigenvalue weighted by Crippen LogP contribution is -2.57. The molecule has 0 bridgehead atoms. The minimum absolute atomic E-state index is 0.126. The number of amides is 2. The van der Waals surface area contributed by atoms with Crippen molar-refractivity contribution in [3.05, 3.63) is 64.4 Å². The van der Waals surface area contributed by atoms with Gasteiger partial charge in [-0.05, 0) is 55.5 Å². The molecule has 6 heteroatoms. The van der Waals surface area contributed by atoms with E-state index in [-0.39, 0.29) is 11.8 Å². The molecular weight excluding hydrogens is 375 g/mol. The second-order valence-corrected chi connectivity index (χ2v) is 6.56. The minimum atomic E-state index is -0.569. The number of hydrogen-bond donors (Lipinski definition) is 0. The lowest BCUT2D eigenvalue weighted by atomic mass is 10.1. The van der Waals surface area contributed by atoms with E-state index in [1.165, 1.54) is 29.2 Å². The molecule has 2 aromatic carbocycles. The van der Waals surface area contributed by atoms with Gasteiger partial charge in [0.05, 0.1) is 0 Å². The van der Waals surface area contributed by atoms with Gasteiger partial charge in [-0.25, -0.2) is 4.39 Å². The van der Waals surface area contributed by atoms with Crippen LogP contribution in [0.3, 0.4) is 0 Å². The Morgan fingerprint density at radius 3 is 2.33 bits per heavy atom. The first-order valence-corrected chi connectivity index (χ1v) is 8.40. The van der Waals surface area contributed by atoms with Gasteiger partial charge in [0.25, 0.3) is 5.91 Å². The molecule has 0 saturated carbocycles. The van der Waals surface area contributed by atoms with E-state index in [0.29, 0.717) is 18.7 Å². The molecule has 0 aromatic heterocycles. The smallest absolute Gasteiger partial charge is 0.254 e. The Balaban J connectivity index is 1.78. The zero-order valence-electron chi connectivity index (χ0n) is 13.1. The molecule has 124 valence electrons. The van der Waals surface area contributed by atoms with E-state index < -0.39 is 11.9 Å². The largest absolute Gasteiger partial charge is 0.325 e. The molecule has 3 rings (SSSR count). The first kappa shape index (κ1) is 16.6. The first-order chi connectivity index (χ1) is 11.5. The molecular formula is C18H16BrFN2O2. The van der Waals surface area contributed by atoms with E-state index in [4.69, 9.17) is 0 Å². The number of rotatable bonds is 2. The Morgan fingerprint density at radius 1 is 1.08 bits per heavy atom. The van der Waals surface area contributed by atoms with Crippen LogP contribution in [0.15, 0.2) is 53.0 Å². The Hall–Kier alpha value is -2.21. The van der Waals surface area contributed by atoms with Gasteiger partial charge in [-0.3, -0.25) is 9.59 Å². The lowest BCUT2D eigenvalue weighted by Gasteiger charge is -2.39. The molecule has 0 radical (unpaired) electrons. The van der Waals surface area contributed by atoms with Crippen LogP contribution in [0.1, 0.15) is 17.3 Å². The number of halogens is 2. The monoisotopic (exact) mass is 390 g/mol. The predicted molar refractivity (Wildman–Crippen MR) is 93.4 cm³/mol. The molecule has 4 nitrogen and oxygen atoms in total. The van der Waals surface area contributed by atoms with Gasteiger partial charge < -0.3 is 9.80 Å². The van der Waals surface area contributed by atoms with Gasteiger partial charge in [-0.1, -0.05) is 15.9 Å². The predicted octanol–water partition coefficient (Wildman–Crippen LogP) is 3.47. The lowest BCUT2D eigenvalue weighted by molar-refractivity contribution is -0.124. The highest BCUT2D eigenvalue weighted by Crippen LogP contribution is 2.23. The fourth-order valence-electron chi connectivity index (χ4n) is 2.78. The summed E-state index contributed by atoms with van der Waals surface area (Å²) in [5.74, 6) is -0.777. The first-order valence-electron chi connectivity index (χ1n) is 7.61. The zero-order chi connectivity index (χ0) is 17.3. The van der Waals surface area contributed by atoms with Gasteiger partial charge in [0.2, 0.25) is 5.91 Å². The van der Waals surface area contributed by atoms with E-state index in [9.17, 15) is 14.0 Å². The van der Waals surface area contributed by atoms with Crippen LogP contribution in [0.5, 0.6) is 0 Å². The Bertz CT molecular complexity index is 762. The third-order valence-electron chi connectivity index (χ3n) is 4.15. The SMILES string of the molecule is CC1C(=O)N(c2ccc(Br)cc2)CCN1C(=O)c1ccc(F)cc1. The summed E-state index contributed by atoms with van der Waals surface area (Å²) in [7, 11) is 0. The van der Waals surface area contributed by atoms with Crippen molar-refractivity contribution in [2.45, 2.75) is 13.0 Å². The molecule has 24 heavy (non-hydrogen) atoms. The maximum Gasteiger partial charge on any atom is 0.254 e. The van der Waals surface area contributed by atoms with Crippen molar-refractivity contribution >= 4 is 33.4 Å². The van der Waals surface area contributed by atoms with Gasteiger partial charge in [0.1, 0.15) is 11.9 Å². The average molecular weight is 391 g/mol. The molecule has 2 amide bonds. The second kappa shape index (κ2) is 6.73. The Morgan fingerprint density at radius 2 is 1.71 bits per heavy atom. The van der Waals surface area contributed by atoms with E-state index in [0.717, 1.165) is 10.2 Å². The third kappa shape index (κ3) is 3.19. The van der Waals surface area contributed by atoms with Crippen molar-refractivity contribution in [1.82, 2.24) is 4.90 Å². The minimum Gasteiger partial charge on any atom is -0.325 e. The van der Waals surface area contributed by atoms with Gasteiger partial charge >= 0.3 is 0 Å². The number of carbonyl (C=O) groups excluding carboxylic acids is 2. The van der Waals surface area contributed by atoms with E-state index in [1.54, 1.807) is 11.8 Å². The zero-order valence-corrected chi connectivity index (χ0v) is 14.7. The van der Waals surface area contributed by atoms with E-state index >= 15 is 0 Å². The van der Waals surface area contributed by atoms with E-state index in [1.807, 2.05) is 24.3 Å². The second-order valence-electron chi connectivity index (χ2n) is 5.65. The number of piperazine rings is 1. The van der Waals surface area contributed by atoms with Crippen LogP contribution in [0.2, 0.25) is 0 Å². The third-order valence-corrected chi connectivity index (χ3v) is 4.67. The van der Waals surface area contributed by atoms with Crippen molar-refractivity contribution in [1.29, 1.82) is 0 Å². The summed E-state index contributed by atoms with van der Waals surface area (Å²) in [6, 6.07) is 12.3. The van der Waals surface area contributed by atoms with Crippen LogP contribution in [0.4, 0.5) is 10.1 Å². The molecule has 0 spiro atoms. The van der Waals surface area contributed by atoms with Gasteiger partial charge in [-0.2, -0.15) is 0 Å². The topological polar surface area (TPSA) is 40.6 Å². The standard InChI is InChI=1S/C18H16BrFN2O2/c1-12-17(23)22(16-8-4-14(19)5-9-16)11-10-21(12)18(24)13-2-6-15(20)7-3-13/h2-9,12H,10-11H2,1H3. The number of anilines is 1. The molecule has 1 fully saturated rings. The van der Waals surface area contributed by atoms with Crippen LogP contribution in [0, 0.1) is 5.82 Å². The van der Waals surface area contributed by atoms with Gasteiger partial charge in [0.15, 0.2) is 0 Å². The quantitative estimate of drug-likeness (QED) is 0.787. The molecule has 1 aliphatic heterocycles. The highest BCUT2D eigenvalue weighted by atomic mass is 79.9. The number of hydrogen-bond acceptors (Lipinski definition) is 2. The highest BCUT2D eigenvalue weighted by molar-refractivity contribution is 9.10. The van der Waals surface area contributed by atoms with Crippen molar-refractivity contribution in [2.75, 3.05) is 18.0 Å². The number of carbonyl (C=O) groups is 2. The van der Waals surface area contributed by atoms with Gasteiger partial charge in [0, 0.05) is 28.8 Å². The van der Waals surface area contributed by atoms with Gasteiger partial charge in [-0.15, -0.1) is 0 Å². The molecule has 1 saturated heterocycles. The Labute approximate surface area is 148 Å². The summed E-state index contributed by atoms with van der Waals surface area (Å²) < 4.78 is 14.0. The number of nitrogens with zero attached hydrogens (tertiary/aromatic N) is 2. The Kier molecular flexibility index (Phi) is 4.66. The summed E-state index contributed by atoms with van der Waals surface area (Å²) in [5.41, 5.74) is 1.19. The highest BCUT2D eigenvalue weighted by Gasteiger charge is 2.35. The fraction of sp³-hybridized carbons (Fsp3) is 0.222. The molecule has 2 aromatic rings. The molecule has 1 unspecified atom stereocenters. The normalized spacial score (nSPS) is 18.0. The molecule has 1 atom stereocenters. The average Bonchev–Trinajstić information content (AvgIpc) is 2.58.